The standard InChI is InChI=1S/C21H23F5N6/c1-13(15-5-2-6-27-19(15)21(24,25)26)8-14-4-3-7-31(11-14)18-10-28-16-9-29-32(12-17(22)23)20(16)30-18/h2,5-6,9-10,13-14,17H,3-4,7-8,11-12H2,1H3. The van der Waals surface area contributed by atoms with Gasteiger partial charge in [-0.15, -0.1) is 0 Å². The van der Waals surface area contributed by atoms with Crippen molar-refractivity contribution < 1.29 is 22.0 Å². The van der Waals surface area contributed by atoms with E-state index in [1.807, 2.05) is 4.90 Å². The number of piperidine rings is 1. The van der Waals surface area contributed by atoms with Crippen LogP contribution in [-0.4, -0.2) is 44.2 Å². The first-order valence-corrected chi connectivity index (χ1v) is 10.5. The fourth-order valence-corrected chi connectivity index (χ4v) is 4.40. The van der Waals surface area contributed by atoms with E-state index in [9.17, 15) is 22.0 Å². The maximum Gasteiger partial charge on any atom is 0.433 e. The van der Waals surface area contributed by atoms with Crippen LogP contribution in [0.25, 0.3) is 11.2 Å². The van der Waals surface area contributed by atoms with Crippen LogP contribution in [0.5, 0.6) is 0 Å². The summed E-state index contributed by atoms with van der Waals surface area (Å²) in [6.07, 6.45) is -0.575. The van der Waals surface area contributed by atoms with E-state index in [2.05, 4.69) is 20.1 Å². The van der Waals surface area contributed by atoms with Crippen LogP contribution >= 0.6 is 0 Å². The van der Waals surface area contributed by atoms with Crippen LogP contribution in [0.4, 0.5) is 27.8 Å². The molecule has 3 aromatic heterocycles. The Bertz CT molecular complexity index is 1070. The third-order valence-electron chi connectivity index (χ3n) is 5.81. The van der Waals surface area contributed by atoms with Crippen molar-refractivity contribution in [2.75, 3.05) is 18.0 Å². The first kappa shape index (κ1) is 22.3. The second-order valence-corrected chi connectivity index (χ2v) is 8.18. The first-order valence-electron chi connectivity index (χ1n) is 10.5. The maximum atomic E-state index is 13.3. The molecular weight excluding hydrogens is 431 g/mol. The van der Waals surface area contributed by atoms with Crippen molar-refractivity contribution in [3.8, 4) is 0 Å². The van der Waals surface area contributed by atoms with Gasteiger partial charge in [-0.3, -0.25) is 4.98 Å². The zero-order valence-corrected chi connectivity index (χ0v) is 17.4. The van der Waals surface area contributed by atoms with Gasteiger partial charge in [-0.2, -0.15) is 18.3 Å². The van der Waals surface area contributed by atoms with E-state index in [-0.39, 0.29) is 17.4 Å². The highest BCUT2D eigenvalue weighted by molar-refractivity contribution is 5.71. The molecular formula is C21H23F5N6. The summed E-state index contributed by atoms with van der Waals surface area (Å²) in [4.78, 5) is 14.4. The predicted molar refractivity (Wildman–Crippen MR) is 109 cm³/mol. The van der Waals surface area contributed by atoms with Crippen LogP contribution in [-0.2, 0) is 12.7 Å². The van der Waals surface area contributed by atoms with Gasteiger partial charge in [0.2, 0.25) is 0 Å². The Morgan fingerprint density at radius 3 is 2.75 bits per heavy atom. The van der Waals surface area contributed by atoms with Gasteiger partial charge >= 0.3 is 6.18 Å². The van der Waals surface area contributed by atoms with E-state index in [4.69, 9.17) is 0 Å². The molecule has 11 heteroatoms. The molecule has 1 aliphatic heterocycles. The minimum Gasteiger partial charge on any atom is -0.355 e. The molecule has 0 bridgehead atoms. The number of anilines is 1. The summed E-state index contributed by atoms with van der Waals surface area (Å²) in [6, 6.07) is 3.02. The van der Waals surface area contributed by atoms with Crippen molar-refractivity contribution in [1.29, 1.82) is 0 Å². The van der Waals surface area contributed by atoms with Gasteiger partial charge in [0.1, 0.15) is 23.6 Å². The fraction of sp³-hybridized carbons (Fsp3) is 0.524. The van der Waals surface area contributed by atoms with E-state index < -0.39 is 24.8 Å². The van der Waals surface area contributed by atoms with Crippen molar-refractivity contribution in [2.24, 2.45) is 5.92 Å². The molecule has 0 spiro atoms. The lowest BCUT2D eigenvalue weighted by Gasteiger charge is -2.34. The third-order valence-corrected chi connectivity index (χ3v) is 5.81. The molecule has 0 saturated carbocycles. The topological polar surface area (TPSA) is 59.7 Å². The molecule has 1 aliphatic rings. The van der Waals surface area contributed by atoms with Crippen LogP contribution in [0.1, 0.15) is 43.4 Å². The van der Waals surface area contributed by atoms with Gasteiger partial charge < -0.3 is 4.90 Å². The molecule has 172 valence electrons. The monoisotopic (exact) mass is 454 g/mol. The molecule has 6 nitrogen and oxygen atoms in total. The number of fused-ring (bicyclic) bond motifs is 1. The van der Waals surface area contributed by atoms with Crippen molar-refractivity contribution >= 4 is 17.0 Å². The van der Waals surface area contributed by atoms with Crippen LogP contribution in [0.2, 0.25) is 0 Å². The first-order chi connectivity index (χ1) is 15.2. The van der Waals surface area contributed by atoms with Crippen LogP contribution in [0, 0.1) is 5.92 Å². The highest BCUT2D eigenvalue weighted by atomic mass is 19.4. The molecule has 4 rings (SSSR count). The molecule has 3 aromatic rings. The number of alkyl halides is 5. The van der Waals surface area contributed by atoms with Gasteiger partial charge in [0.05, 0.1) is 12.4 Å². The number of pyridine rings is 1. The summed E-state index contributed by atoms with van der Waals surface area (Å²) in [5.74, 6) is 0.401. The third kappa shape index (κ3) is 4.81. The van der Waals surface area contributed by atoms with E-state index in [1.54, 1.807) is 13.1 Å². The Morgan fingerprint density at radius 1 is 1.19 bits per heavy atom. The highest BCUT2D eigenvalue weighted by Crippen LogP contribution is 2.37. The number of rotatable bonds is 6. The smallest absolute Gasteiger partial charge is 0.355 e. The lowest BCUT2D eigenvalue weighted by molar-refractivity contribution is -0.142. The average Bonchev–Trinajstić information content (AvgIpc) is 3.14. The van der Waals surface area contributed by atoms with E-state index in [0.717, 1.165) is 30.3 Å². The normalized spacial score (nSPS) is 18.5. The molecule has 0 aromatic carbocycles. The Labute approximate surface area is 181 Å². The number of aromatic nitrogens is 5. The van der Waals surface area contributed by atoms with Crippen LogP contribution in [0.3, 0.4) is 0 Å². The summed E-state index contributed by atoms with van der Waals surface area (Å²) in [5, 5.41) is 3.93. The van der Waals surface area contributed by atoms with Crippen molar-refractivity contribution in [1.82, 2.24) is 24.7 Å². The number of hydrogen-bond acceptors (Lipinski definition) is 5. The summed E-state index contributed by atoms with van der Waals surface area (Å²) in [6.45, 7) is 2.55. The largest absolute Gasteiger partial charge is 0.433 e. The van der Waals surface area contributed by atoms with Gasteiger partial charge in [0, 0.05) is 19.3 Å². The average molecular weight is 454 g/mol. The summed E-state index contributed by atoms with van der Waals surface area (Å²) in [5.41, 5.74) is 0.106. The van der Waals surface area contributed by atoms with E-state index in [1.165, 1.54) is 18.3 Å². The molecule has 1 fully saturated rings. The minimum atomic E-state index is -4.49. The lowest BCUT2D eigenvalue weighted by atomic mass is 9.85. The molecule has 2 atom stereocenters. The molecule has 0 radical (unpaired) electrons. The summed E-state index contributed by atoms with van der Waals surface area (Å²) >= 11 is 0. The molecule has 0 aliphatic carbocycles. The molecule has 4 heterocycles. The van der Waals surface area contributed by atoms with Crippen molar-refractivity contribution in [3.05, 3.63) is 42.0 Å². The molecule has 2 unspecified atom stereocenters. The van der Waals surface area contributed by atoms with Gasteiger partial charge in [0.25, 0.3) is 6.43 Å². The van der Waals surface area contributed by atoms with Crippen molar-refractivity contribution in [3.63, 3.8) is 0 Å². The Morgan fingerprint density at radius 2 is 2.00 bits per heavy atom. The summed E-state index contributed by atoms with van der Waals surface area (Å²) < 4.78 is 66.8. The molecule has 0 amide bonds. The second kappa shape index (κ2) is 8.95. The van der Waals surface area contributed by atoms with Gasteiger partial charge in [-0.05, 0) is 42.7 Å². The molecule has 32 heavy (non-hydrogen) atoms. The minimum absolute atomic E-state index is 0.156. The maximum absolute atomic E-state index is 13.3. The lowest BCUT2D eigenvalue weighted by Crippen LogP contribution is -2.36. The zero-order valence-electron chi connectivity index (χ0n) is 17.4. The van der Waals surface area contributed by atoms with Crippen LogP contribution in [0.15, 0.2) is 30.7 Å². The Kier molecular flexibility index (Phi) is 6.25. The quantitative estimate of drug-likeness (QED) is 0.495. The Balaban J connectivity index is 1.50. The van der Waals surface area contributed by atoms with E-state index in [0.29, 0.717) is 29.9 Å². The van der Waals surface area contributed by atoms with Crippen molar-refractivity contribution in [2.45, 2.75) is 51.3 Å². The molecule has 0 N–H and O–H groups in total. The highest BCUT2D eigenvalue weighted by Gasteiger charge is 2.36. The Hall–Kier alpha value is -2.85. The molecule has 1 saturated heterocycles. The van der Waals surface area contributed by atoms with Gasteiger partial charge in [-0.25, -0.2) is 23.4 Å². The second-order valence-electron chi connectivity index (χ2n) is 8.18. The number of nitrogens with zero attached hydrogens (tertiary/aromatic N) is 6. The van der Waals surface area contributed by atoms with E-state index >= 15 is 0 Å². The van der Waals surface area contributed by atoms with Crippen LogP contribution < -0.4 is 4.90 Å². The fourth-order valence-electron chi connectivity index (χ4n) is 4.40. The number of halogens is 5. The zero-order chi connectivity index (χ0) is 22.9. The number of hydrogen-bond donors (Lipinski definition) is 0. The predicted octanol–water partition coefficient (Wildman–Crippen LogP) is 4.92. The SMILES string of the molecule is CC(CC1CCCN(c2cnc3cnn(CC(F)F)c3n2)C1)c1cccnc1C(F)(F)F. The van der Waals surface area contributed by atoms with Gasteiger partial charge in [-0.1, -0.05) is 13.0 Å². The van der Waals surface area contributed by atoms with Gasteiger partial charge in [0.15, 0.2) is 5.65 Å². The summed E-state index contributed by atoms with van der Waals surface area (Å²) in [7, 11) is 0.